The molecule has 98 valence electrons. The number of carbonyl (C=O) groups is 1. The molecule has 1 aromatic carbocycles. The molecule has 0 fully saturated rings. The molecule has 0 radical (unpaired) electrons. The Labute approximate surface area is 104 Å². The highest BCUT2D eigenvalue weighted by Gasteiger charge is 2.32. The van der Waals surface area contributed by atoms with E-state index in [1.54, 1.807) is 6.92 Å². The predicted octanol–water partition coefficient (Wildman–Crippen LogP) is 1.45. The minimum atomic E-state index is -1.63. The van der Waals surface area contributed by atoms with Gasteiger partial charge >= 0.3 is 5.97 Å². The molecule has 0 aliphatic carbocycles. The van der Waals surface area contributed by atoms with Gasteiger partial charge in [-0.1, -0.05) is 12.1 Å². The number of ether oxygens (including phenoxy) is 1. The molecule has 6 nitrogen and oxygen atoms in total. The summed E-state index contributed by atoms with van der Waals surface area (Å²) in [4.78, 5) is 21.4. The normalized spacial score (nSPS) is 13.7. The summed E-state index contributed by atoms with van der Waals surface area (Å²) >= 11 is 0. The minimum absolute atomic E-state index is 0.0328. The van der Waals surface area contributed by atoms with Gasteiger partial charge in [-0.2, -0.15) is 0 Å². The zero-order valence-corrected chi connectivity index (χ0v) is 10.3. The smallest absolute Gasteiger partial charge is 0.338 e. The number of non-ortho nitro benzene ring substituents is 1. The molecule has 0 amide bonds. The number of carbonyl (C=O) groups excluding carboxylic acids is 1. The Morgan fingerprint density at radius 1 is 1.44 bits per heavy atom. The maximum absolute atomic E-state index is 11.5. The van der Waals surface area contributed by atoms with Gasteiger partial charge in [0.2, 0.25) is 0 Å². The van der Waals surface area contributed by atoms with E-state index in [1.165, 1.54) is 31.2 Å². The van der Waals surface area contributed by atoms with E-state index in [4.69, 9.17) is 4.74 Å². The molecule has 0 aliphatic rings. The Morgan fingerprint density at radius 2 is 2.00 bits per heavy atom. The van der Waals surface area contributed by atoms with Crippen LogP contribution >= 0.6 is 0 Å². The van der Waals surface area contributed by atoms with E-state index in [9.17, 15) is 20.0 Å². The molecule has 1 atom stereocenters. The Balaban J connectivity index is 2.78. The van der Waals surface area contributed by atoms with Crippen LogP contribution in [0.1, 0.15) is 19.4 Å². The van der Waals surface area contributed by atoms with Crippen molar-refractivity contribution in [3.05, 3.63) is 39.9 Å². The molecule has 1 aromatic rings. The minimum Gasteiger partial charge on any atom is -0.464 e. The van der Waals surface area contributed by atoms with Crippen molar-refractivity contribution < 1.29 is 19.6 Å². The lowest BCUT2D eigenvalue weighted by molar-refractivity contribution is -0.384. The Bertz CT molecular complexity index is 438. The third-order valence-electron chi connectivity index (χ3n) is 2.41. The van der Waals surface area contributed by atoms with Gasteiger partial charge in [-0.15, -0.1) is 0 Å². The van der Waals surface area contributed by atoms with Gasteiger partial charge in [0.05, 0.1) is 11.5 Å². The van der Waals surface area contributed by atoms with Crippen molar-refractivity contribution in [2.75, 3.05) is 6.61 Å². The average molecular weight is 253 g/mol. The van der Waals surface area contributed by atoms with Crippen LogP contribution in [0.4, 0.5) is 5.69 Å². The topological polar surface area (TPSA) is 89.7 Å². The highest BCUT2D eigenvalue weighted by Crippen LogP contribution is 2.18. The summed E-state index contributed by atoms with van der Waals surface area (Å²) < 4.78 is 4.74. The zero-order valence-electron chi connectivity index (χ0n) is 10.3. The van der Waals surface area contributed by atoms with Crippen LogP contribution in [0.15, 0.2) is 24.3 Å². The third-order valence-corrected chi connectivity index (χ3v) is 2.41. The number of nitro groups is 1. The Hall–Kier alpha value is -1.95. The van der Waals surface area contributed by atoms with E-state index in [-0.39, 0.29) is 18.7 Å². The monoisotopic (exact) mass is 253 g/mol. The van der Waals surface area contributed by atoms with Gasteiger partial charge in [0.15, 0.2) is 5.60 Å². The standard InChI is InChI=1S/C12H15NO5/c1-3-18-11(14)12(2,15)8-9-4-6-10(7-5-9)13(16)17/h4-7,15H,3,8H2,1-2H3. The van der Waals surface area contributed by atoms with Crippen molar-refractivity contribution in [2.24, 2.45) is 0 Å². The maximum Gasteiger partial charge on any atom is 0.338 e. The largest absolute Gasteiger partial charge is 0.464 e. The third kappa shape index (κ3) is 3.53. The van der Waals surface area contributed by atoms with E-state index in [0.717, 1.165) is 0 Å². The number of nitrogens with zero attached hydrogens (tertiary/aromatic N) is 1. The lowest BCUT2D eigenvalue weighted by Crippen LogP contribution is -2.39. The SMILES string of the molecule is CCOC(=O)C(C)(O)Cc1ccc([N+](=O)[O-])cc1. The van der Waals surface area contributed by atoms with Crippen LogP contribution in [0.3, 0.4) is 0 Å². The van der Waals surface area contributed by atoms with Gasteiger partial charge in [-0.25, -0.2) is 4.79 Å². The highest BCUT2D eigenvalue weighted by atomic mass is 16.6. The molecule has 0 spiro atoms. The summed E-state index contributed by atoms with van der Waals surface area (Å²) in [5.41, 5.74) is -1.04. The van der Waals surface area contributed by atoms with E-state index in [0.29, 0.717) is 5.56 Å². The van der Waals surface area contributed by atoms with Crippen LogP contribution in [0.5, 0.6) is 0 Å². The van der Waals surface area contributed by atoms with Crippen LogP contribution in [0, 0.1) is 10.1 Å². The first-order valence-electron chi connectivity index (χ1n) is 5.49. The van der Waals surface area contributed by atoms with Gasteiger partial charge in [0.25, 0.3) is 5.69 Å². The van der Waals surface area contributed by atoms with Crippen LogP contribution in [0.2, 0.25) is 0 Å². The van der Waals surface area contributed by atoms with E-state index >= 15 is 0 Å². The Kier molecular flexibility index (Phi) is 4.38. The fraction of sp³-hybridized carbons (Fsp3) is 0.417. The second kappa shape index (κ2) is 5.59. The number of hydrogen-bond acceptors (Lipinski definition) is 5. The quantitative estimate of drug-likeness (QED) is 0.487. The molecule has 0 bridgehead atoms. The van der Waals surface area contributed by atoms with Crippen LogP contribution < -0.4 is 0 Å². The van der Waals surface area contributed by atoms with E-state index in [1.807, 2.05) is 0 Å². The second-order valence-electron chi connectivity index (χ2n) is 4.09. The molecule has 1 rings (SSSR count). The Morgan fingerprint density at radius 3 is 2.44 bits per heavy atom. The molecule has 0 heterocycles. The van der Waals surface area contributed by atoms with E-state index in [2.05, 4.69) is 0 Å². The average Bonchev–Trinajstić information content (AvgIpc) is 2.29. The van der Waals surface area contributed by atoms with Gasteiger partial charge in [-0.3, -0.25) is 10.1 Å². The molecular formula is C12H15NO5. The van der Waals surface area contributed by atoms with Gasteiger partial charge in [0, 0.05) is 18.6 Å². The lowest BCUT2D eigenvalue weighted by Gasteiger charge is -2.20. The number of hydrogen-bond donors (Lipinski definition) is 1. The predicted molar refractivity (Wildman–Crippen MR) is 64.1 cm³/mol. The van der Waals surface area contributed by atoms with Crippen molar-refractivity contribution in [3.63, 3.8) is 0 Å². The molecule has 0 saturated carbocycles. The number of aliphatic hydroxyl groups is 1. The fourth-order valence-electron chi connectivity index (χ4n) is 1.49. The number of nitro benzene ring substituents is 1. The first-order valence-corrected chi connectivity index (χ1v) is 5.49. The van der Waals surface area contributed by atoms with Gasteiger partial charge < -0.3 is 9.84 Å². The van der Waals surface area contributed by atoms with Crippen LogP contribution in [-0.4, -0.2) is 28.2 Å². The molecule has 1 N–H and O–H groups in total. The second-order valence-corrected chi connectivity index (χ2v) is 4.09. The molecular weight excluding hydrogens is 238 g/mol. The molecule has 0 saturated heterocycles. The number of rotatable bonds is 5. The summed E-state index contributed by atoms with van der Waals surface area (Å²) in [7, 11) is 0. The summed E-state index contributed by atoms with van der Waals surface area (Å²) in [5, 5.41) is 20.4. The van der Waals surface area contributed by atoms with Crippen LogP contribution in [0.25, 0.3) is 0 Å². The molecule has 18 heavy (non-hydrogen) atoms. The van der Waals surface area contributed by atoms with Crippen molar-refractivity contribution in [3.8, 4) is 0 Å². The molecule has 0 aromatic heterocycles. The van der Waals surface area contributed by atoms with Crippen molar-refractivity contribution in [2.45, 2.75) is 25.9 Å². The fourth-order valence-corrected chi connectivity index (χ4v) is 1.49. The summed E-state index contributed by atoms with van der Waals surface area (Å²) in [6, 6.07) is 5.67. The van der Waals surface area contributed by atoms with Crippen molar-refractivity contribution in [1.82, 2.24) is 0 Å². The highest BCUT2D eigenvalue weighted by molar-refractivity contribution is 5.79. The zero-order chi connectivity index (χ0) is 13.8. The summed E-state index contributed by atoms with van der Waals surface area (Å²) in [6.07, 6.45) is 0.0455. The van der Waals surface area contributed by atoms with Crippen molar-refractivity contribution in [1.29, 1.82) is 0 Å². The first kappa shape index (κ1) is 14.1. The lowest BCUT2D eigenvalue weighted by atomic mass is 9.96. The first-order chi connectivity index (χ1) is 8.36. The van der Waals surface area contributed by atoms with E-state index < -0.39 is 16.5 Å². The molecule has 6 heteroatoms. The molecule has 0 aliphatic heterocycles. The number of esters is 1. The maximum atomic E-state index is 11.5. The summed E-state index contributed by atoms with van der Waals surface area (Å²) in [5.74, 6) is -0.705. The van der Waals surface area contributed by atoms with Crippen LogP contribution in [-0.2, 0) is 16.0 Å². The van der Waals surface area contributed by atoms with Gasteiger partial charge in [0.1, 0.15) is 0 Å². The van der Waals surface area contributed by atoms with Gasteiger partial charge in [-0.05, 0) is 19.4 Å². The molecule has 1 unspecified atom stereocenters. The number of benzene rings is 1. The summed E-state index contributed by atoms with van der Waals surface area (Å²) in [6.45, 7) is 3.20. The van der Waals surface area contributed by atoms with Crippen molar-refractivity contribution >= 4 is 11.7 Å².